The Morgan fingerprint density at radius 3 is 1.15 bits per heavy atom. The molecule has 0 aromatic heterocycles. The summed E-state index contributed by atoms with van der Waals surface area (Å²) in [5.74, 6) is -4.71. The van der Waals surface area contributed by atoms with Gasteiger partial charge in [-0.15, -0.1) is 0 Å². The van der Waals surface area contributed by atoms with Crippen molar-refractivity contribution in [2.24, 2.45) is 5.73 Å². The molecule has 28 N–H and O–H groups in total. The number of nitrogens with two attached hydrogens (primary N) is 1. The van der Waals surface area contributed by atoms with Crippen LogP contribution in [0.5, 0.6) is 0 Å². The average Bonchev–Trinajstić information content (AvgIpc) is 3.18. The van der Waals surface area contributed by atoms with Crippen molar-refractivity contribution >= 4 is 17.8 Å². The second-order valence-corrected chi connectivity index (χ2v) is 13.9. The molecule has 34 nitrogen and oxygen atoms in total. The van der Waals surface area contributed by atoms with Crippen molar-refractivity contribution in [3.8, 4) is 0 Å². The van der Waals surface area contributed by atoms with Gasteiger partial charge < -0.3 is 154 Å². The molecule has 400 valence electrons. The van der Waals surface area contributed by atoms with Crippen molar-refractivity contribution in [1.82, 2.24) is 10.6 Å². The van der Waals surface area contributed by atoms with Crippen LogP contribution in [0, 0.1) is 0 Å². The number of ether oxygens (including phenoxy) is 4. The third-order valence-corrected chi connectivity index (χ3v) is 8.45. The minimum Gasteiger partial charge on any atom is -0.870 e. The molecule has 4 saturated heterocycles. The number of carbonyl (C=O) groups excluding carboxylic acids is 1. The number of carbonyl (C=O) groups is 3. The summed E-state index contributed by atoms with van der Waals surface area (Å²) in [6, 6.07) is -4.77. The van der Waals surface area contributed by atoms with Crippen LogP contribution in [0.25, 0.3) is 5.73 Å². The molecule has 0 aliphatic carbocycles. The van der Waals surface area contributed by atoms with Gasteiger partial charge in [-0.1, -0.05) is 6.04 Å². The molecule has 4 aliphatic rings. The molecule has 0 aromatic rings. The molecule has 4 heterocycles. The van der Waals surface area contributed by atoms with Crippen molar-refractivity contribution in [2.75, 3.05) is 26.4 Å². The Morgan fingerprint density at radius 2 is 0.836 bits per heavy atom. The molecule has 0 spiro atoms. The third kappa shape index (κ3) is 27.5. The van der Waals surface area contributed by atoms with Crippen LogP contribution in [0.15, 0.2) is 0 Å². The second kappa shape index (κ2) is 37.1. The molecule has 1 amide bonds. The van der Waals surface area contributed by atoms with Gasteiger partial charge in [0.05, 0.1) is 44.6 Å². The summed E-state index contributed by atoms with van der Waals surface area (Å²) in [5, 5.41) is 185. The summed E-state index contributed by atoms with van der Waals surface area (Å²) in [5.41, 5.74) is 12.4. The largest absolute Gasteiger partial charge is 1.00 e. The first-order chi connectivity index (χ1) is 28.8. The van der Waals surface area contributed by atoms with Crippen molar-refractivity contribution in [3.05, 3.63) is 5.73 Å². The van der Waals surface area contributed by atoms with E-state index >= 15 is 0 Å². The monoisotopic (exact) mass is 1010 g/mol. The van der Waals surface area contributed by atoms with E-state index in [-0.39, 0.29) is 46.0 Å². The van der Waals surface area contributed by atoms with Crippen LogP contribution < -0.4 is 51.0 Å². The minimum atomic E-state index is -2.58. The van der Waals surface area contributed by atoms with Crippen molar-refractivity contribution in [1.29, 1.82) is 0 Å². The number of carboxylic acids is 2. The number of aliphatic hydroxyl groups excluding tert-OH is 16. The van der Waals surface area contributed by atoms with Crippen LogP contribution in [0.3, 0.4) is 0 Å². The SMILES string of the molecule is CC(=O)NC1C(O)OC(CO)[C@@H](O)[C@H]1O.CC(=O)O.CC(=O)O.CC([O-])(O)NC1C(O)OC(CO)[C@@H](O)[C@H]1O.NC1C(O)OC(CO)[C@@H](O)[C@H]1O.O.[NH-]C1C(O)OC(CO)[C@@H](O)[C@H]1O.[Na+].[OH-].[OH-]. The topological polar surface area (TPSA) is 661 Å². The van der Waals surface area contributed by atoms with E-state index in [1.54, 1.807) is 0 Å². The Kier molecular flexibility index (Phi) is 42.5. The summed E-state index contributed by atoms with van der Waals surface area (Å²) < 4.78 is 18.9. The molecule has 4 aliphatic heterocycles. The zero-order chi connectivity index (χ0) is 49.9. The number of aliphatic carboxylic acids is 2. The molecule has 0 aromatic carbocycles. The predicted molar refractivity (Wildman–Crippen MR) is 205 cm³/mol. The predicted octanol–water partition coefficient (Wildman–Crippen LogP) is -17.1. The molecule has 4 rings (SSSR count). The Labute approximate surface area is 403 Å². The van der Waals surface area contributed by atoms with Gasteiger partial charge in [-0.2, -0.15) is 0 Å². The van der Waals surface area contributed by atoms with Gasteiger partial charge in [-0.05, 0) is 6.92 Å². The smallest absolute Gasteiger partial charge is 0.870 e. The Hall–Kier alpha value is -1.71. The van der Waals surface area contributed by atoms with Crippen LogP contribution in [0.4, 0.5) is 0 Å². The zero-order valence-corrected chi connectivity index (χ0v) is 38.6. The summed E-state index contributed by atoms with van der Waals surface area (Å²) in [6.45, 7) is 2.17. The van der Waals surface area contributed by atoms with Crippen LogP contribution in [-0.4, -0.2) is 286 Å². The fraction of sp³-hybridized carbons (Fsp3) is 0.906. The maximum absolute atomic E-state index is 11.0. The van der Waals surface area contributed by atoms with Gasteiger partial charge in [0.2, 0.25) is 5.91 Å². The van der Waals surface area contributed by atoms with Gasteiger partial charge in [0.15, 0.2) is 18.9 Å². The van der Waals surface area contributed by atoms with E-state index in [2.05, 4.69) is 10.1 Å². The molecule has 0 radical (unpaired) electrons. The van der Waals surface area contributed by atoms with Crippen molar-refractivity contribution in [3.63, 3.8) is 0 Å². The standard InChI is InChI=1S/C8H16NO7.C8H15NO6.C6H13NO5.C6H12NO5.2C2H4O2.Na.3H2O/c1-8(14,15)9-4-6(12)5(11)3(2-10)16-7(4)13;1-3(11)9-5-7(13)6(12)4(2-10)15-8(5)14;2*7-3-5(10)4(9)2(1-8)12-6(3)11;2*1-2(3)4;;;;/h3-7,9-14H,2H2,1H3;4-8,10,12-14H,2H2,1H3,(H,9,11);2-6,8-11H,1,7H2;2-11H,1H2;2*1H3,(H,3,4);;3*1H2/q-1;;;-1;;;+1;;;/p-2/t3?,4?,5-,6+,7?,8?;4?,5?,6-,7+,8?;2*2?,3?,4-,5+,6?;;;;;;/m1111....../s1. The van der Waals surface area contributed by atoms with E-state index in [9.17, 15) is 50.8 Å². The Bertz CT molecular complexity index is 1240. The summed E-state index contributed by atoms with van der Waals surface area (Å²) in [4.78, 5) is 28.7. The minimum absolute atomic E-state index is 0. The number of aliphatic hydroxyl groups is 17. The Balaban J connectivity index is -0.000000173. The summed E-state index contributed by atoms with van der Waals surface area (Å²) in [7, 11) is 0. The van der Waals surface area contributed by atoms with Crippen LogP contribution >= 0.6 is 0 Å². The average molecular weight is 1010 g/mol. The van der Waals surface area contributed by atoms with Crippen molar-refractivity contribution in [2.45, 2.75) is 156 Å². The molecule has 67 heavy (non-hydrogen) atoms. The molecular weight excluding hydrogens is 943 g/mol. The van der Waals surface area contributed by atoms with Gasteiger partial charge in [0.25, 0.3) is 11.9 Å². The van der Waals surface area contributed by atoms with Crippen LogP contribution in [0.2, 0.25) is 0 Å². The summed E-state index contributed by atoms with van der Waals surface area (Å²) in [6.07, 6.45) is -21.0. The maximum atomic E-state index is 11.0. The molecule has 0 bridgehead atoms. The zero-order valence-electron chi connectivity index (χ0n) is 36.6. The van der Waals surface area contributed by atoms with Gasteiger partial charge in [-0.3, -0.25) is 19.7 Å². The third-order valence-electron chi connectivity index (χ3n) is 8.45. The van der Waals surface area contributed by atoms with Crippen molar-refractivity contribution < 1.29 is 181 Å². The first kappa shape index (κ1) is 76.8. The number of rotatable bonds is 7. The maximum Gasteiger partial charge on any atom is 1.00 e. The van der Waals surface area contributed by atoms with Crippen LogP contribution in [0.1, 0.15) is 27.7 Å². The quantitative estimate of drug-likeness (QED) is 0.0832. The molecule has 35 heteroatoms. The Morgan fingerprint density at radius 1 is 0.567 bits per heavy atom. The number of carboxylic acid groups (broad SMARTS) is 2. The number of nitrogens with one attached hydrogen (secondary N) is 3. The van der Waals surface area contributed by atoms with E-state index in [1.807, 2.05) is 5.32 Å². The van der Waals surface area contributed by atoms with E-state index in [0.29, 0.717) is 0 Å². The molecule has 4 fully saturated rings. The first-order valence-electron chi connectivity index (χ1n) is 18.4. The van der Waals surface area contributed by atoms with E-state index in [1.165, 1.54) is 6.92 Å². The van der Waals surface area contributed by atoms with E-state index in [0.717, 1.165) is 20.8 Å². The van der Waals surface area contributed by atoms with Crippen LogP contribution in [-0.2, 0) is 33.3 Å². The fourth-order valence-corrected chi connectivity index (χ4v) is 5.26. The second-order valence-electron chi connectivity index (χ2n) is 13.9. The van der Waals surface area contributed by atoms with Gasteiger partial charge in [-0.25, -0.2) is 0 Å². The normalized spacial score (nSPS) is 38.1. The summed E-state index contributed by atoms with van der Waals surface area (Å²) >= 11 is 0. The fourth-order valence-electron chi connectivity index (χ4n) is 5.26. The number of hydrogen-bond donors (Lipinski definition) is 22. The first-order valence-corrected chi connectivity index (χ1v) is 18.4. The van der Waals surface area contributed by atoms with Gasteiger partial charge >= 0.3 is 29.6 Å². The molecule has 13 unspecified atom stereocenters. The van der Waals surface area contributed by atoms with E-state index in [4.69, 9.17) is 91.4 Å². The van der Waals surface area contributed by atoms with E-state index < -0.39 is 173 Å². The number of hydrogen-bond acceptors (Lipinski definition) is 29. The van der Waals surface area contributed by atoms with Gasteiger partial charge in [0, 0.05) is 26.7 Å². The molecule has 0 saturated carbocycles. The van der Waals surface area contributed by atoms with Gasteiger partial charge in [0.1, 0.15) is 79.5 Å². The molecular formula is C32H68N4NaO30-3. The number of amides is 1. The molecule has 21 atom stereocenters.